The first-order valence-corrected chi connectivity index (χ1v) is 10.1. The van der Waals surface area contributed by atoms with E-state index in [2.05, 4.69) is 24.1 Å². The van der Waals surface area contributed by atoms with Crippen molar-refractivity contribution in [3.63, 3.8) is 0 Å². The zero-order chi connectivity index (χ0) is 17.7. The second-order valence-corrected chi connectivity index (χ2v) is 6.98. The van der Waals surface area contributed by atoms with Gasteiger partial charge < -0.3 is 24.4 Å². The van der Waals surface area contributed by atoms with Crippen molar-refractivity contribution in [3.8, 4) is 0 Å². The summed E-state index contributed by atoms with van der Waals surface area (Å²) < 4.78 is 16.8. The van der Waals surface area contributed by atoms with Crippen LogP contribution in [0.3, 0.4) is 0 Å². The molecule has 0 aromatic carbocycles. The summed E-state index contributed by atoms with van der Waals surface area (Å²) in [4.78, 5) is 7.16. The van der Waals surface area contributed by atoms with Gasteiger partial charge >= 0.3 is 0 Å². The smallest absolute Gasteiger partial charge is 0.193 e. The van der Waals surface area contributed by atoms with Crippen molar-refractivity contribution in [1.29, 1.82) is 0 Å². The van der Waals surface area contributed by atoms with Crippen LogP contribution in [0.25, 0.3) is 0 Å². The van der Waals surface area contributed by atoms with Crippen LogP contribution in [0.5, 0.6) is 0 Å². The second-order valence-electron chi connectivity index (χ2n) is 6.98. The van der Waals surface area contributed by atoms with E-state index in [4.69, 9.17) is 19.2 Å². The maximum absolute atomic E-state index is 5.83. The summed E-state index contributed by atoms with van der Waals surface area (Å²) in [6.07, 6.45) is 4.45. The summed E-state index contributed by atoms with van der Waals surface area (Å²) in [6.45, 7) is 13.2. The lowest BCUT2D eigenvalue weighted by atomic mass is 10.0. The minimum atomic E-state index is 0. The molecule has 154 valence electrons. The summed E-state index contributed by atoms with van der Waals surface area (Å²) in [6, 6.07) is 0. The lowest BCUT2D eigenvalue weighted by Crippen LogP contribution is -2.40. The highest BCUT2D eigenvalue weighted by Crippen LogP contribution is 2.17. The Kier molecular flexibility index (Phi) is 13.7. The topological polar surface area (TPSA) is 55.3 Å². The molecule has 0 bridgehead atoms. The van der Waals surface area contributed by atoms with Gasteiger partial charge in [0.1, 0.15) is 0 Å². The lowest BCUT2D eigenvalue weighted by molar-refractivity contribution is 0.0205. The van der Waals surface area contributed by atoms with Crippen molar-refractivity contribution in [2.75, 3.05) is 65.8 Å². The molecule has 6 nitrogen and oxygen atoms in total. The van der Waals surface area contributed by atoms with E-state index >= 15 is 0 Å². The fourth-order valence-corrected chi connectivity index (χ4v) is 3.39. The average Bonchev–Trinajstić information content (AvgIpc) is 3.11. The monoisotopic (exact) mass is 483 g/mol. The fraction of sp³-hybridized carbons (Fsp3) is 0.947. The SMILES string of the molecule is CCNC(=NCCCOCC1CCOCC1)N1CCC(COCC)C1.I. The highest BCUT2D eigenvalue weighted by molar-refractivity contribution is 14.0. The Morgan fingerprint density at radius 3 is 2.62 bits per heavy atom. The lowest BCUT2D eigenvalue weighted by Gasteiger charge is -2.22. The van der Waals surface area contributed by atoms with E-state index in [9.17, 15) is 0 Å². The number of hydrogen-bond acceptors (Lipinski definition) is 4. The van der Waals surface area contributed by atoms with Crippen LogP contribution >= 0.6 is 24.0 Å². The van der Waals surface area contributed by atoms with Crippen LogP contribution in [0.15, 0.2) is 4.99 Å². The quantitative estimate of drug-likeness (QED) is 0.224. The van der Waals surface area contributed by atoms with Gasteiger partial charge in [0.2, 0.25) is 0 Å². The highest BCUT2D eigenvalue weighted by atomic mass is 127. The molecule has 1 atom stereocenters. The van der Waals surface area contributed by atoms with Gasteiger partial charge in [-0.1, -0.05) is 0 Å². The van der Waals surface area contributed by atoms with Gasteiger partial charge in [0.15, 0.2) is 5.96 Å². The molecule has 1 N–H and O–H groups in total. The Labute approximate surface area is 176 Å². The second kappa shape index (κ2) is 14.9. The Morgan fingerprint density at radius 2 is 1.88 bits per heavy atom. The molecular formula is C19H38IN3O3. The molecule has 1 unspecified atom stereocenters. The molecule has 0 radical (unpaired) electrons. The molecule has 0 aromatic rings. The van der Waals surface area contributed by atoms with E-state index in [0.717, 1.165) is 91.0 Å². The minimum absolute atomic E-state index is 0. The summed E-state index contributed by atoms with van der Waals surface area (Å²) in [5, 5.41) is 3.42. The third kappa shape index (κ3) is 9.19. The first-order chi connectivity index (χ1) is 12.3. The normalized spacial score (nSPS) is 21.7. The van der Waals surface area contributed by atoms with E-state index < -0.39 is 0 Å². The highest BCUT2D eigenvalue weighted by Gasteiger charge is 2.24. The van der Waals surface area contributed by atoms with Gasteiger partial charge in [-0.3, -0.25) is 4.99 Å². The molecule has 2 aliphatic rings. The van der Waals surface area contributed by atoms with Crippen LogP contribution in [0.4, 0.5) is 0 Å². The van der Waals surface area contributed by atoms with Crippen LogP contribution in [-0.2, 0) is 14.2 Å². The third-order valence-corrected chi connectivity index (χ3v) is 4.88. The molecule has 2 fully saturated rings. The van der Waals surface area contributed by atoms with E-state index in [0.29, 0.717) is 11.8 Å². The first kappa shape index (κ1) is 23.9. The van der Waals surface area contributed by atoms with Gasteiger partial charge in [0.05, 0.1) is 6.61 Å². The van der Waals surface area contributed by atoms with Crippen molar-refractivity contribution in [2.24, 2.45) is 16.8 Å². The summed E-state index contributed by atoms with van der Waals surface area (Å²) in [5.41, 5.74) is 0. The summed E-state index contributed by atoms with van der Waals surface area (Å²) in [5.74, 6) is 2.36. The fourth-order valence-electron chi connectivity index (χ4n) is 3.39. The van der Waals surface area contributed by atoms with E-state index in [1.54, 1.807) is 0 Å². The summed E-state index contributed by atoms with van der Waals surface area (Å²) in [7, 11) is 0. The number of hydrogen-bond donors (Lipinski definition) is 1. The Bertz CT molecular complexity index is 379. The molecule has 26 heavy (non-hydrogen) atoms. The maximum Gasteiger partial charge on any atom is 0.193 e. The average molecular weight is 483 g/mol. The van der Waals surface area contributed by atoms with Crippen molar-refractivity contribution in [2.45, 2.75) is 39.5 Å². The number of rotatable bonds is 10. The predicted octanol–water partition coefficient (Wildman–Crippen LogP) is 2.76. The van der Waals surface area contributed by atoms with Gasteiger partial charge in [-0.05, 0) is 45.4 Å². The van der Waals surface area contributed by atoms with Gasteiger partial charge in [0.25, 0.3) is 0 Å². The number of likely N-dealkylation sites (tertiary alicyclic amines) is 1. The molecule has 2 rings (SSSR count). The largest absolute Gasteiger partial charge is 0.381 e. The minimum Gasteiger partial charge on any atom is -0.381 e. The van der Waals surface area contributed by atoms with Crippen molar-refractivity contribution >= 4 is 29.9 Å². The van der Waals surface area contributed by atoms with Crippen LogP contribution < -0.4 is 5.32 Å². The van der Waals surface area contributed by atoms with Crippen molar-refractivity contribution < 1.29 is 14.2 Å². The molecule has 0 spiro atoms. The Hall–Kier alpha value is -0.120. The number of guanidine groups is 1. The van der Waals surface area contributed by atoms with Crippen LogP contribution in [0, 0.1) is 11.8 Å². The zero-order valence-electron chi connectivity index (χ0n) is 16.6. The van der Waals surface area contributed by atoms with Gasteiger partial charge in [-0.15, -0.1) is 24.0 Å². The molecular weight excluding hydrogens is 445 g/mol. The number of ether oxygens (including phenoxy) is 3. The zero-order valence-corrected chi connectivity index (χ0v) is 18.9. The van der Waals surface area contributed by atoms with E-state index in [1.165, 1.54) is 6.42 Å². The van der Waals surface area contributed by atoms with Crippen molar-refractivity contribution in [3.05, 3.63) is 0 Å². The van der Waals surface area contributed by atoms with E-state index in [1.807, 2.05) is 0 Å². The molecule has 0 aliphatic carbocycles. The number of nitrogens with one attached hydrogen (secondary N) is 1. The molecule has 0 saturated carbocycles. The molecule has 2 aliphatic heterocycles. The van der Waals surface area contributed by atoms with Gasteiger partial charge in [-0.25, -0.2) is 0 Å². The molecule has 7 heteroatoms. The van der Waals surface area contributed by atoms with Crippen LogP contribution in [0.1, 0.15) is 39.5 Å². The first-order valence-electron chi connectivity index (χ1n) is 10.1. The number of aliphatic imine (C=N–C) groups is 1. The van der Waals surface area contributed by atoms with Crippen LogP contribution in [0.2, 0.25) is 0 Å². The number of halogens is 1. The third-order valence-electron chi connectivity index (χ3n) is 4.88. The van der Waals surface area contributed by atoms with Gasteiger partial charge in [-0.2, -0.15) is 0 Å². The standard InChI is InChI=1S/C19H37N3O3.HI/c1-3-20-19(22-10-6-18(14-22)16-23-4-2)21-9-5-11-25-15-17-7-12-24-13-8-17;/h17-18H,3-16H2,1-2H3,(H,20,21);1H. The Morgan fingerprint density at radius 1 is 1.12 bits per heavy atom. The van der Waals surface area contributed by atoms with Crippen molar-refractivity contribution in [1.82, 2.24) is 10.2 Å². The Balaban J connectivity index is 0.00000338. The van der Waals surface area contributed by atoms with Gasteiger partial charge in [0, 0.05) is 65.1 Å². The molecule has 0 amide bonds. The number of nitrogens with zero attached hydrogens (tertiary/aromatic N) is 2. The maximum atomic E-state index is 5.83. The molecule has 0 aromatic heterocycles. The summed E-state index contributed by atoms with van der Waals surface area (Å²) >= 11 is 0. The molecule has 2 heterocycles. The van der Waals surface area contributed by atoms with E-state index in [-0.39, 0.29) is 24.0 Å². The van der Waals surface area contributed by atoms with Crippen LogP contribution in [-0.4, -0.2) is 76.7 Å². The predicted molar refractivity (Wildman–Crippen MR) is 117 cm³/mol. The molecule has 2 saturated heterocycles.